The molecule has 2 amide bonds. The highest BCUT2D eigenvalue weighted by Crippen LogP contribution is 2.18. The minimum absolute atomic E-state index is 0.103. The maximum atomic E-state index is 13.6. The molecule has 3 aromatic carbocycles. The molecule has 0 bridgehead atoms. The third-order valence-corrected chi connectivity index (χ3v) is 5.81. The molecule has 1 N–H and O–H groups in total. The molecule has 0 saturated carbocycles. The van der Waals surface area contributed by atoms with Gasteiger partial charge in [0.1, 0.15) is 6.04 Å². The number of hydrogen-bond donors (Lipinski definition) is 1. The zero-order valence-corrected chi connectivity index (χ0v) is 20.2. The number of carbonyl (C=O) groups is 2. The predicted octanol–water partition coefficient (Wildman–Crippen LogP) is 4.68. The standard InChI is InChI=1S/C28H31ClN2O3/c1-34-18-8-17-30-28(33)26(19-22-9-4-2-5-10-22)31(21-24-13-15-25(29)16-14-24)27(32)20-23-11-6-3-7-12-23/h2-7,9-16,26H,8,17-21H2,1H3,(H,30,33)/t26-/m1/s1. The Kier molecular flexibility index (Phi) is 10.1. The maximum Gasteiger partial charge on any atom is 0.243 e. The van der Waals surface area contributed by atoms with Crippen LogP contribution in [0.4, 0.5) is 0 Å². The van der Waals surface area contributed by atoms with Gasteiger partial charge in [0.25, 0.3) is 0 Å². The van der Waals surface area contributed by atoms with Gasteiger partial charge in [0.05, 0.1) is 6.42 Å². The van der Waals surface area contributed by atoms with Crippen LogP contribution in [0.25, 0.3) is 0 Å². The summed E-state index contributed by atoms with van der Waals surface area (Å²) in [7, 11) is 1.64. The lowest BCUT2D eigenvalue weighted by Crippen LogP contribution is -2.51. The quantitative estimate of drug-likeness (QED) is 0.385. The van der Waals surface area contributed by atoms with E-state index >= 15 is 0 Å². The molecule has 0 fully saturated rings. The highest BCUT2D eigenvalue weighted by molar-refractivity contribution is 6.30. The smallest absolute Gasteiger partial charge is 0.243 e. The average molecular weight is 479 g/mol. The molecule has 3 rings (SSSR count). The van der Waals surface area contributed by atoms with Gasteiger partial charge in [0, 0.05) is 38.2 Å². The van der Waals surface area contributed by atoms with Gasteiger partial charge in [-0.2, -0.15) is 0 Å². The molecular weight excluding hydrogens is 448 g/mol. The monoisotopic (exact) mass is 478 g/mol. The van der Waals surface area contributed by atoms with Crippen molar-refractivity contribution in [1.82, 2.24) is 10.2 Å². The van der Waals surface area contributed by atoms with Gasteiger partial charge in [0.15, 0.2) is 0 Å². The number of halogens is 1. The summed E-state index contributed by atoms with van der Waals surface area (Å²) in [6, 6.07) is 26.1. The first-order valence-corrected chi connectivity index (χ1v) is 11.8. The van der Waals surface area contributed by atoms with Crippen LogP contribution < -0.4 is 5.32 Å². The van der Waals surface area contributed by atoms with Gasteiger partial charge in [-0.15, -0.1) is 0 Å². The van der Waals surface area contributed by atoms with Crippen molar-refractivity contribution in [2.45, 2.75) is 31.8 Å². The third kappa shape index (κ3) is 8.01. The number of rotatable bonds is 12. The highest BCUT2D eigenvalue weighted by Gasteiger charge is 2.30. The number of hydrogen-bond acceptors (Lipinski definition) is 3. The zero-order valence-electron chi connectivity index (χ0n) is 19.5. The van der Waals surface area contributed by atoms with Crippen molar-refractivity contribution >= 4 is 23.4 Å². The molecule has 34 heavy (non-hydrogen) atoms. The van der Waals surface area contributed by atoms with E-state index in [1.807, 2.05) is 72.8 Å². The molecule has 0 radical (unpaired) electrons. The first-order chi connectivity index (χ1) is 16.6. The van der Waals surface area contributed by atoms with Gasteiger partial charge in [-0.3, -0.25) is 9.59 Å². The minimum Gasteiger partial charge on any atom is -0.385 e. The van der Waals surface area contributed by atoms with E-state index in [1.165, 1.54) is 0 Å². The molecule has 0 aliphatic rings. The Bertz CT molecular complexity index is 1030. The van der Waals surface area contributed by atoms with Gasteiger partial charge in [-0.05, 0) is 35.2 Å². The van der Waals surface area contributed by atoms with Crippen LogP contribution in [0.3, 0.4) is 0 Å². The van der Waals surface area contributed by atoms with Gasteiger partial charge in [-0.1, -0.05) is 84.4 Å². The first-order valence-electron chi connectivity index (χ1n) is 11.4. The Morgan fingerprint density at radius 1 is 0.882 bits per heavy atom. The molecule has 178 valence electrons. The summed E-state index contributed by atoms with van der Waals surface area (Å²) in [5, 5.41) is 3.63. The number of benzene rings is 3. The lowest BCUT2D eigenvalue weighted by Gasteiger charge is -2.31. The van der Waals surface area contributed by atoms with Crippen LogP contribution in [0.5, 0.6) is 0 Å². The van der Waals surface area contributed by atoms with Crippen LogP contribution in [-0.2, 0) is 33.7 Å². The fourth-order valence-electron chi connectivity index (χ4n) is 3.76. The summed E-state index contributed by atoms with van der Waals surface area (Å²) < 4.78 is 5.09. The molecule has 5 nitrogen and oxygen atoms in total. The van der Waals surface area contributed by atoms with Crippen molar-refractivity contribution in [1.29, 1.82) is 0 Å². The number of carbonyl (C=O) groups excluding carboxylic acids is 2. The van der Waals surface area contributed by atoms with Crippen molar-refractivity contribution < 1.29 is 14.3 Å². The number of methoxy groups -OCH3 is 1. The van der Waals surface area contributed by atoms with Crippen molar-refractivity contribution in [3.63, 3.8) is 0 Å². The van der Waals surface area contributed by atoms with E-state index in [0.717, 1.165) is 16.7 Å². The van der Waals surface area contributed by atoms with Gasteiger partial charge in [0.2, 0.25) is 11.8 Å². The van der Waals surface area contributed by atoms with E-state index in [4.69, 9.17) is 16.3 Å². The fraction of sp³-hybridized carbons (Fsp3) is 0.286. The lowest BCUT2D eigenvalue weighted by molar-refractivity contribution is -0.140. The molecule has 0 aromatic heterocycles. The normalized spacial score (nSPS) is 11.6. The second-order valence-electron chi connectivity index (χ2n) is 8.15. The minimum atomic E-state index is -0.656. The van der Waals surface area contributed by atoms with Crippen molar-refractivity contribution in [2.24, 2.45) is 0 Å². The van der Waals surface area contributed by atoms with E-state index in [1.54, 1.807) is 24.1 Å². The molecule has 0 aliphatic heterocycles. The SMILES string of the molecule is COCCCNC(=O)[C@@H](Cc1ccccc1)N(Cc1ccc(Cl)cc1)C(=O)Cc1ccccc1. The van der Waals surface area contributed by atoms with E-state index in [9.17, 15) is 9.59 Å². The fourth-order valence-corrected chi connectivity index (χ4v) is 3.88. The summed E-state index contributed by atoms with van der Waals surface area (Å²) in [4.78, 5) is 28.7. The van der Waals surface area contributed by atoms with Crippen molar-refractivity contribution in [3.05, 3.63) is 107 Å². The Balaban J connectivity index is 1.89. The number of amides is 2. The zero-order chi connectivity index (χ0) is 24.2. The average Bonchev–Trinajstić information content (AvgIpc) is 2.86. The number of ether oxygens (including phenoxy) is 1. The summed E-state index contributed by atoms with van der Waals surface area (Å²) >= 11 is 6.07. The predicted molar refractivity (Wildman–Crippen MR) is 136 cm³/mol. The Labute approximate surface area is 206 Å². The Morgan fingerprint density at radius 2 is 1.50 bits per heavy atom. The molecule has 6 heteroatoms. The summed E-state index contributed by atoms with van der Waals surface area (Å²) in [5.41, 5.74) is 2.82. The van der Waals surface area contributed by atoms with Crippen LogP contribution >= 0.6 is 11.6 Å². The molecule has 1 atom stereocenters. The molecule has 0 heterocycles. The van der Waals surface area contributed by atoms with Crippen LogP contribution in [0.15, 0.2) is 84.9 Å². The summed E-state index contributed by atoms with van der Waals surface area (Å²) in [6.07, 6.45) is 1.34. The number of nitrogens with zero attached hydrogens (tertiary/aromatic N) is 1. The topological polar surface area (TPSA) is 58.6 Å². The lowest BCUT2D eigenvalue weighted by atomic mass is 10.0. The van der Waals surface area contributed by atoms with Crippen LogP contribution in [-0.4, -0.2) is 43.0 Å². The summed E-state index contributed by atoms with van der Waals surface area (Å²) in [5.74, 6) is -0.274. The molecule has 0 unspecified atom stereocenters. The molecule has 3 aromatic rings. The van der Waals surface area contributed by atoms with Gasteiger partial charge >= 0.3 is 0 Å². The number of nitrogens with one attached hydrogen (secondary N) is 1. The molecular formula is C28H31ClN2O3. The first kappa shape index (κ1) is 25.5. The van der Waals surface area contributed by atoms with E-state index < -0.39 is 6.04 Å². The molecule has 0 aliphatic carbocycles. The molecule has 0 spiro atoms. The van der Waals surface area contributed by atoms with Gasteiger partial charge < -0.3 is 15.0 Å². The van der Waals surface area contributed by atoms with E-state index in [2.05, 4.69) is 5.32 Å². The van der Waals surface area contributed by atoms with Crippen molar-refractivity contribution in [2.75, 3.05) is 20.3 Å². The molecule has 0 saturated heterocycles. The van der Waals surface area contributed by atoms with Crippen molar-refractivity contribution in [3.8, 4) is 0 Å². The Morgan fingerprint density at radius 3 is 2.12 bits per heavy atom. The van der Waals surface area contributed by atoms with Crippen LogP contribution in [0.1, 0.15) is 23.1 Å². The third-order valence-electron chi connectivity index (χ3n) is 5.56. The second kappa shape index (κ2) is 13.5. The van der Waals surface area contributed by atoms with E-state index in [-0.39, 0.29) is 18.2 Å². The Hall–Kier alpha value is -3.15. The van der Waals surface area contributed by atoms with Crippen LogP contribution in [0.2, 0.25) is 5.02 Å². The largest absolute Gasteiger partial charge is 0.385 e. The summed E-state index contributed by atoms with van der Waals surface area (Å²) in [6.45, 7) is 1.36. The maximum absolute atomic E-state index is 13.6. The highest BCUT2D eigenvalue weighted by atomic mass is 35.5. The van der Waals surface area contributed by atoms with E-state index in [0.29, 0.717) is 37.6 Å². The van der Waals surface area contributed by atoms with Gasteiger partial charge in [-0.25, -0.2) is 0 Å². The van der Waals surface area contributed by atoms with Crippen LogP contribution in [0, 0.1) is 0 Å². The second-order valence-corrected chi connectivity index (χ2v) is 8.59.